The van der Waals surface area contributed by atoms with E-state index in [4.69, 9.17) is 5.73 Å². The number of halogens is 1. The van der Waals surface area contributed by atoms with Gasteiger partial charge in [0.2, 0.25) is 0 Å². The minimum Gasteiger partial charge on any atom is -0.354 e. The number of anilines is 1. The maximum atomic E-state index is 6.02. The van der Waals surface area contributed by atoms with Gasteiger partial charge in [-0.15, -0.1) is 11.3 Å². The number of hydrogen-bond donors (Lipinski definition) is 1. The quantitative estimate of drug-likeness (QED) is 0.834. The fraction of sp³-hybridized carbons (Fsp3) is 0.438. The summed E-state index contributed by atoms with van der Waals surface area (Å²) in [6.07, 6.45) is 3.85. The van der Waals surface area contributed by atoms with E-state index in [0.29, 0.717) is 0 Å². The third kappa shape index (κ3) is 4.53. The molecule has 0 bridgehead atoms. The van der Waals surface area contributed by atoms with Crippen molar-refractivity contribution >= 4 is 33.1 Å². The number of thiophene rings is 1. The van der Waals surface area contributed by atoms with Gasteiger partial charge in [0.05, 0.1) is 6.54 Å². The van der Waals surface area contributed by atoms with Gasteiger partial charge in [0.15, 0.2) is 0 Å². The summed E-state index contributed by atoms with van der Waals surface area (Å²) in [5, 5.41) is 2.11. The van der Waals surface area contributed by atoms with Crippen LogP contribution in [-0.4, -0.2) is 18.1 Å². The molecule has 1 unspecified atom stereocenters. The minimum absolute atomic E-state index is 0.221. The van der Waals surface area contributed by atoms with Crippen LogP contribution >= 0.6 is 27.3 Å². The van der Waals surface area contributed by atoms with Crippen molar-refractivity contribution in [1.82, 2.24) is 4.98 Å². The lowest BCUT2D eigenvalue weighted by Crippen LogP contribution is -2.22. The highest BCUT2D eigenvalue weighted by molar-refractivity contribution is 9.10. The van der Waals surface area contributed by atoms with E-state index >= 15 is 0 Å². The number of hydrogen-bond acceptors (Lipinski definition) is 4. The second kappa shape index (κ2) is 7.38. The van der Waals surface area contributed by atoms with Crippen LogP contribution in [0.5, 0.6) is 0 Å². The molecule has 21 heavy (non-hydrogen) atoms. The van der Waals surface area contributed by atoms with E-state index in [1.807, 2.05) is 6.20 Å². The van der Waals surface area contributed by atoms with E-state index in [2.05, 4.69) is 64.2 Å². The van der Waals surface area contributed by atoms with Crippen molar-refractivity contribution in [2.45, 2.75) is 39.3 Å². The normalized spacial score (nSPS) is 12.4. The first kappa shape index (κ1) is 16.5. The third-order valence-corrected chi connectivity index (χ3v) is 5.19. The van der Waals surface area contributed by atoms with Gasteiger partial charge in [-0.2, -0.15) is 0 Å². The topological polar surface area (TPSA) is 42.1 Å². The number of aryl methyl sites for hydroxylation is 1. The Hall–Kier alpha value is -0.910. The van der Waals surface area contributed by atoms with Crippen molar-refractivity contribution in [3.8, 4) is 0 Å². The van der Waals surface area contributed by atoms with Gasteiger partial charge in [-0.1, -0.05) is 13.0 Å². The fourth-order valence-electron chi connectivity index (χ4n) is 2.33. The molecule has 3 nitrogen and oxygen atoms in total. The Bertz CT molecular complexity index is 597. The molecule has 0 fully saturated rings. The second-order valence-corrected chi connectivity index (χ2v) is 7.36. The molecule has 0 spiro atoms. The number of aromatic nitrogens is 1. The number of pyridine rings is 1. The standard InChI is InChI=1S/C16H22BrN3S/c1-4-14(18)6-12-5-11(2)16(19-8-12)20(3)9-15-7-13(17)10-21-15/h5,7-8,10,14H,4,6,9,18H2,1-3H3. The molecule has 2 N–H and O–H groups in total. The molecule has 0 saturated carbocycles. The van der Waals surface area contributed by atoms with Crippen LogP contribution in [0.25, 0.3) is 0 Å². The zero-order valence-corrected chi connectivity index (χ0v) is 15.2. The summed E-state index contributed by atoms with van der Waals surface area (Å²) in [5.74, 6) is 1.04. The van der Waals surface area contributed by atoms with Gasteiger partial charge in [-0.05, 0) is 52.9 Å². The summed E-state index contributed by atoms with van der Waals surface area (Å²) in [5.41, 5.74) is 8.44. The van der Waals surface area contributed by atoms with Crippen LogP contribution in [0.4, 0.5) is 5.82 Å². The predicted molar refractivity (Wildman–Crippen MR) is 95.1 cm³/mol. The van der Waals surface area contributed by atoms with E-state index in [9.17, 15) is 0 Å². The Morgan fingerprint density at radius 3 is 2.76 bits per heavy atom. The van der Waals surface area contributed by atoms with Crippen LogP contribution in [0, 0.1) is 6.92 Å². The van der Waals surface area contributed by atoms with Gasteiger partial charge in [-0.3, -0.25) is 0 Å². The number of nitrogens with zero attached hydrogens (tertiary/aromatic N) is 2. The van der Waals surface area contributed by atoms with Crippen LogP contribution in [0.3, 0.4) is 0 Å². The number of rotatable bonds is 6. The van der Waals surface area contributed by atoms with Crippen molar-refractivity contribution < 1.29 is 0 Å². The molecule has 1 atom stereocenters. The summed E-state index contributed by atoms with van der Waals surface area (Å²) >= 11 is 5.26. The molecule has 0 aliphatic heterocycles. The van der Waals surface area contributed by atoms with Crippen molar-refractivity contribution in [2.75, 3.05) is 11.9 Å². The van der Waals surface area contributed by atoms with E-state index in [0.717, 1.165) is 29.7 Å². The molecule has 0 aliphatic carbocycles. The summed E-state index contributed by atoms with van der Waals surface area (Å²) in [6.45, 7) is 5.11. The van der Waals surface area contributed by atoms with Crippen LogP contribution in [-0.2, 0) is 13.0 Å². The van der Waals surface area contributed by atoms with E-state index < -0.39 is 0 Å². The largest absolute Gasteiger partial charge is 0.354 e. The number of nitrogens with two attached hydrogens (primary N) is 1. The summed E-state index contributed by atoms with van der Waals surface area (Å²) in [7, 11) is 2.08. The molecule has 2 heterocycles. The van der Waals surface area contributed by atoms with E-state index in [1.165, 1.54) is 16.0 Å². The third-order valence-electron chi connectivity index (χ3n) is 3.51. The van der Waals surface area contributed by atoms with Crippen molar-refractivity contribution in [2.24, 2.45) is 5.73 Å². The molecule has 2 aromatic heterocycles. The van der Waals surface area contributed by atoms with Crippen molar-refractivity contribution in [3.63, 3.8) is 0 Å². The predicted octanol–water partition coefficient (Wildman–Crippen LogP) is 4.13. The average Bonchev–Trinajstić information content (AvgIpc) is 2.83. The molecular weight excluding hydrogens is 346 g/mol. The van der Waals surface area contributed by atoms with Crippen LogP contribution in [0.15, 0.2) is 28.2 Å². The molecule has 114 valence electrons. The van der Waals surface area contributed by atoms with E-state index in [1.54, 1.807) is 11.3 Å². The lowest BCUT2D eigenvalue weighted by Gasteiger charge is -2.20. The highest BCUT2D eigenvalue weighted by Gasteiger charge is 2.10. The molecule has 5 heteroatoms. The highest BCUT2D eigenvalue weighted by Crippen LogP contribution is 2.24. The van der Waals surface area contributed by atoms with Crippen LogP contribution < -0.4 is 10.6 Å². The molecular formula is C16H22BrN3S. The second-order valence-electron chi connectivity index (χ2n) is 5.44. The Morgan fingerprint density at radius 2 is 2.19 bits per heavy atom. The Labute approximate surface area is 139 Å². The maximum Gasteiger partial charge on any atom is 0.131 e. The molecule has 2 rings (SSSR count). The highest BCUT2D eigenvalue weighted by atomic mass is 79.9. The van der Waals surface area contributed by atoms with Gasteiger partial charge in [0.25, 0.3) is 0 Å². The maximum absolute atomic E-state index is 6.02. The molecule has 0 amide bonds. The van der Waals surface area contributed by atoms with Gasteiger partial charge < -0.3 is 10.6 Å². The zero-order valence-electron chi connectivity index (χ0n) is 12.8. The van der Waals surface area contributed by atoms with E-state index in [-0.39, 0.29) is 6.04 Å². The van der Waals surface area contributed by atoms with Gasteiger partial charge in [0, 0.05) is 34.0 Å². The first-order valence-corrected chi connectivity index (χ1v) is 8.82. The summed E-state index contributed by atoms with van der Waals surface area (Å²) in [4.78, 5) is 8.15. The fourth-order valence-corrected chi connectivity index (χ4v) is 3.83. The molecule has 0 saturated heterocycles. The van der Waals surface area contributed by atoms with Crippen molar-refractivity contribution in [1.29, 1.82) is 0 Å². The molecule has 2 aromatic rings. The van der Waals surface area contributed by atoms with Crippen LogP contribution in [0.1, 0.15) is 29.3 Å². The Morgan fingerprint density at radius 1 is 1.43 bits per heavy atom. The van der Waals surface area contributed by atoms with Crippen LogP contribution in [0.2, 0.25) is 0 Å². The summed E-state index contributed by atoms with van der Waals surface area (Å²) < 4.78 is 1.14. The minimum atomic E-state index is 0.221. The molecule has 0 aliphatic rings. The van der Waals surface area contributed by atoms with Gasteiger partial charge >= 0.3 is 0 Å². The first-order valence-electron chi connectivity index (χ1n) is 7.14. The zero-order chi connectivity index (χ0) is 15.4. The van der Waals surface area contributed by atoms with Crippen molar-refractivity contribution in [3.05, 3.63) is 44.2 Å². The average molecular weight is 368 g/mol. The lowest BCUT2D eigenvalue weighted by atomic mass is 10.0. The van der Waals surface area contributed by atoms with Gasteiger partial charge in [0.1, 0.15) is 5.82 Å². The first-order chi connectivity index (χ1) is 9.99. The SMILES string of the molecule is CCC(N)Cc1cnc(N(C)Cc2cc(Br)cs2)c(C)c1. The molecule has 0 aromatic carbocycles. The Kier molecular flexibility index (Phi) is 5.79. The smallest absolute Gasteiger partial charge is 0.131 e. The monoisotopic (exact) mass is 367 g/mol. The van der Waals surface area contributed by atoms with Gasteiger partial charge in [-0.25, -0.2) is 4.98 Å². The Balaban J connectivity index is 2.09. The summed E-state index contributed by atoms with van der Waals surface area (Å²) in [6, 6.07) is 4.59. The lowest BCUT2D eigenvalue weighted by molar-refractivity contribution is 0.644. The molecule has 0 radical (unpaired) electrons.